The number of carbonyl (C=O) groups is 1. The minimum atomic E-state index is -0.127. The van der Waals surface area contributed by atoms with Gasteiger partial charge in [-0.15, -0.1) is 0 Å². The number of ether oxygens (including phenoxy) is 2. The molecule has 0 aliphatic rings. The summed E-state index contributed by atoms with van der Waals surface area (Å²) in [5.74, 6) is 0.882. The molecular weight excluding hydrogens is 256 g/mol. The average molecular weight is 280 g/mol. The second-order valence-electron chi connectivity index (χ2n) is 6.02. The van der Waals surface area contributed by atoms with Gasteiger partial charge in [-0.25, -0.2) is 0 Å². The van der Waals surface area contributed by atoms with Gasteiger partial charge in [0.05, 0.1) is 19.8 Å². The summed E-state index contributed by atoms with van der Waals surface area (Å²) in [7, 11) is 4.83. The first-order chi connectivity index (χ1) is 9.19. The number of nitrogen functional groups attached to an aromatic ring is 1. The maximum absolute atomic E-state index is 12.5. The monoisotopic (exact) mass is 280 g/mol. The predicted molar refractivity (Wildman–Crippen MR) is 80.4 cm³/mol. The van der Waals surface area contributed by atoms with Crippen molar-refractivity contribution in [1.29, 1.82) is 0 Å². The van der Waals surface area contributed by atoms with E-state index >= 15 is 0 Å². The Morgan fingerprint density at radius 3 is 2.15 bits per heavy atom. The van der Waals surface area contributed by atoms with Crippen LogP contribution in [0, 0.1) is 5.41 Å². The Kier molecular flexibility index (Phi) is 4.87. The zero-order valence-electron chi connectivity index (χ0n) is 13.1. The lowest BCUT2D eigenvalue weighted by molar-refractivity contribution is 0.0746. The maximum atomic E-state index is 12.5. The highest BCUT2D eigenvalue weighted by atomic mass is 16.5. The van der Waals surface area contributed by atoms with Crippen molar-refractivity contribution in [2.24, 2.45) is 5.41 Å². The highest BCUT2D eigenvalue weighted by molar-refractivity contribution is 6.00. The van der Waals surface area contributed by atoms with Crippen molar-refractivity contribution in [1.82, 2.24) is 4.90 Å². The zero-order valence-corrected chi connectivity index (χ0v) is 13.1. The molecule has 0 aliphatic carbocycles. The molecule has 0 aliphatic heterocycles. The molecule has 0 radical (unpaired) electrons. The SMILES string of the molecule is COc1cc(N)c(C(=O)N(C)CC(C)(C)C)cc1OC. The fourth-order valence-corrected chi connectivity index (χ4v) is 2.07. The first kappa shape index (κ1) is 16.1. The number of nitrogens with zero attached hydrogens (tertiary/aromatic N) is 1. The van der Waals surface area contributed by atoms with Crippen molar-refractivity contribution in [2.75, 3.05) is 33.5 Å². The number of nitrogens with two attached hydrogens (primary N) is 1. The average Bonchev–Trinajstić information content (AvgIpc) is 2.35. The third-order valence-corrected chi connectivity index (χ3v) is 2.84. The van der Waals surface area contributed by atoms with Gasteiger partial charge in [-0.1, -0.05) is 20.8 Å². The van der Waals surface area contributed by atoms with E-state index in [1.165, 1.54) is 14.2 Å². The topological polar surface area (TPSA) is 64.8 Å². The molecule has 0 saturated heterocycles. The van der Waals surface area contributed by atoms with Crippen LogP contribution in [0.3, 0.4) is 0 Å². The fourth-order valence-electron chi connectivity index (χ4n) is 2.07. The molecule has 1 rings (SSSR count). The van der Waals surface area contributed by atoms with E-state index in [0.717, 1.165) is 0 Å². The van der Waals surface area contributed by atoms with Gasteiger partial charge in [-0.2, -0.15) is 0 Å². The number of hydrogen-bond acceptors (Lipinski definition) is 4. The van der Waals surface area contributed by atoms with Gasteiger partial charge < -0.3 is 20.1 Å². The number of hydrogen-bond donors (Lipinski definition) is 1. The van der Waals surface area contributed by atoms with E-state index < -0.39 is 0 Å². The zero-order chi connectivity index (χ0) is 15.5. The van der Waals surface area contributed by atoms with Gasteiger partial charge in [0.25, 0.3) is 5.91 Å². The second kappa shape index (κ2) is 6.03. The molecule has 0 spiro atoms. The smallest absolute Gasteiger partial charge is 0.255 e. The largest absolute Gasteiger partial charge is 0.493 e. The third-order valence-electron chi connectivity index (χ3n) is 2.84. The van der Waals surface area contributed by atoms with Crippen molar-refractivity contribution in [2.45, 2.75) is 20.8 Å². The first-order valence-corrected chi connectivity index (χ1v) is 6.46. The van der Waals surface area contributed by atoms with E-state index in [0.29, 0.717) is 29.3 Å². The molecule has 0 aromatic heterocycles. The van der Waals surface area contributed by atoms with Crippen LogP contribution in [0.25, 0.3) is 0 Å². The highest BCUT2D eigenvalue weighted by Gasteiger charge is 2.22. The van der Waals surface area contributed by atoms with Crippen molar-refractivity contribution in [3.63, 3.8) is 0 Å². The molecule has 20 heavy (non-hydrogen) atoms. The summed E-state index contributed by atoms with van der Waals surface area (Å²) in [6.07, 6.45) is 0. The van der Waals surface area contributed by atoms with Gasteiger partial charge in [-0.3, -0.25) is 4.79 Å². The number of amides is 1. The Morgan fingerprint density at radius 1 is 1.20 bits per heavy atom. The molecule has 0 saturated carbocycles. The van der Waals surface area contributed by atoms with Crippen molar-refractivity contribution in [3.05, 3.63) is 17.7 Å². The van der Waals surface area contributed by atoms with Crippen molar-refractivity contribution >= 4 is 11.6 Å². The molecular formula is C15H24N2O3. The highest BCUT2D eigenvalue weighted by Crippen LogP contribution is 2.32. The summed E-state index contributed by atoms with van der Waals surface area (Å²) < 4.78 is 10.4. The van der Waals surface area contributed by atoms with E-state index in [2.05, 4.69) is 20.8 Å². The Hall–Kier alpha value is -1.91. The van der Waals surface area contributed by atoms with Crippen LogP contribution in [0.5, 0.6) is 11.5 Å². The lowest BCUT2D eigenvalue weighted by Crippen LogP contribution is -2.34. The molecule has 0 unspecified atom stereocenters. The summed E-state index contributed by atoms with van der Waals surface area (Å²) in [4.78, 5) is 14.1. The maximum Gasteiger partial charge on any atom is 0.255 e. The Labute approximate surface area is 120 Å². The van der Waals surface area contributed by atoms with Crippen molar-refractivity contribution in [3.8, 4) is 11.5 Å². The molecule has 5 nitrogen and oxygen atoms in total. The van der Waals surface area contributed by atoms with Crippen LogP contribution in [0.1, 0.15) is 31.1 Å². The lowest BCUT2D eigenvalue weighted by Gasteiger charge is -2.27. The Balaban J connectivity index is 3.10. The van der Waals surface area contributed by atoms with E-state index in [4.69, 9.17) is 15.2 Å². The van der Waals surface area contributed by atoms with E-state index in [-0.39, 0.29) is 11.3 Å². The molecule has 0 atom stereocenters. The van der Waals surface area contributed by atoms with E-state index in [1.54, 1.807) is 24.1 Å². The van der Waals surface area contributed by atoms with Gasteiger partial charge in [0, 0.05) is 25.3 Å². The number of methoxy groups -OCH3 is 2. The number of rotatable bonds is 4. The Bertz CT molecular complexity index is 493. The third kappa shape index (κ3) is 3.79. The molecule has 112 valence electrons. The standard InChI is InChI=1S/C15H24N2O3/c1-15(2,3)9-17(4)14(18)10-7-12(19-5)13(20-6)8-11(10)16/h7-8H,9,16H2,1-6H3. The number of benzene rings is 1. The van der Waals surface area contributed by atoms with Gasteiger partial charge in [0.15, 0.2) is 11.5 Å². The second-order valence-corrected chi connectivity index (χ2v) is 6.02. The minimum Gasteiger partial charge on any atom is -0.493 e. The van der Waals surface area contributed by atoms with E-state index in [1.807, 2.05) is 0 Å². The van der Waals surface area contributed by atoms with Crippen LogP contribution in [-0.2, 0) is 0 Å². The molecule has 1 aromatic carbocycles. The molecule has 2 N–H and O–H groups in total. The summed E-state index contributed by atoms with van der Waals surface area (Å²) in [5.41, 5.74) is 6.77. The van der Waals surface area contributed by atoms with Crippen LogP contribution in [0.15, 0.2) is 12.1 Å². The van der Waals surface area contributed by atoms with Crippen molar-refractivity contribution < 1.29 is 14.3 Å². The molecule has 0 fully saturated rings. The number of carbonyl (C=O) groups excluding carboxylic acids is 1. The van der Waals surface area contributed by atoms with Crippen LogP contribution in [-0.4, -0.2) is 38.6 Å². The van der Waals surface area contributed by atoms with Gasteiger partial charge in [0.2, 0.25) is 0 Å². The normalized spacial score (nSPS) is 11.1. The van der Waals surface area contributed by atoms with Crippen LogP contribution in [0.4, 0.5) is 5.69 Å². The predicted octanol–water partition coefficient (Wildman–Crippen LogP) is 2.40. The summed E-state index contributed by atoms with van der Waals surface area (Å²) >= 11 is 0. The molecule has 5 heteroatoms. The van der Waals surface area contributed by atoms with E-state index in [9.17, 15) is 4.79 Å². The van der Waals surface area contributed by atoms with Crippen LogP contribution >= 0.6 is 0 Å². The number of anilines is 1. The molecule has 1 amide bonds. The van der Waals surface area contributed by atoms with Gasteiger partial charge in [0.1, 0.15) is 0 Å². The van der Waals surface area contributed by atoms with Gasteiger partial charge >= 0.3 is 0 Å². The summed E-state index contributed by atoms with van der Waals surface area (Å²) in [5, 5.41) is 0. The summed E-state index contributed by atoms with van der Waals surface area (Å²) in [6.45, 7) is 6.87. The molecule has 1 aromatic rings. The minimum absolute atomic E-state index is 0.0235. The van der Waals surface area contributed by atoms with Crippen LogP contribution < -0.4 is 15.2 Å². The van der Waals surface area contributed by atoms with Crippen LogP contribution in [0.2, 0.25) is 0 Å². The summed E-state index contributed by atoms with van der Waals surface area (Å²) in [6, 6.07) is 3.23. The molecule has 0 bridgehead atoms. The quantitative estimate of drug-likeness (QED) is 0.860. The fraction of sp³-hybridized carbons (Fsp3) is 0.533. The lowest BCUT2D eigenvalue weighted by atomic mass is 9.96. The molecule has 0 heterocycles. The Morgan fingerprint density at radius 2 is 1.70 bits per heavy atom. The van der Waals surface area contributed by atoms with Gasteiger partial charge in [-0.05, 0) is 11.5 Å². The first-order valence-electron chi connectivity index (χ1n) is 6.46.